The van der Waals surface area contributed by atoms with Crippen molar-refractivity contribution in [2.45, 2.75) is 56.1 Å². The van der Waals surface area contributed by atoms with Crippen molar-refractivity contribution in [3.8, 4) is 0 Å². The Labute approximate surface area is 156 Å². The molecule has 8 heteroatoms. The number of carbonyl (C=O) groups is 3. The van der Waals surface area contributed by atoms with Gasteiger partial charge in [0, 0.05) is 10.9 Å². The van der Waals surface area contributed by atoms with Crippen LogP contribution in [0.4, 0.5) is 9.18 Å². The molecular formula is C18H23FN2O4S. The average molecular weight is 382 g/mol. The maximum Gasteiger partial charge on any atom is 0.321 e. The second kappa shape index (κ2) is 10.2. The standard InChI is InChI=1S/C18H23FN2O4S/c1-12(17(23)21-18(24)20-13-7-3-2-4-8-13)25-16(22)11-26-15-10-6-5-9-14(15)19/h5-6,9-10,12-13H,2-4,7-8,11H2,1H3,(H2,20,21,23,24)/t12-/m1/s1. The second-order valence-corrected chi connectivity index (χ2v) is 7.17. The Morgan fingerprint density at radius 3 is 2.62 bits per heavy atom. The van der Waals surface area contributed by atoms with Crippen molar-refractivity contribution in [1.82, 2.24) is 10.6 Å². The molecule has 0 bridgehead atoms. The van der Waals surface area contributed by atoms with Crippen LogP contribution in [-0.4, -0.2) is 35.8 Å². The molecule has 0 saturated heterocycles. The first-order chi connectivity index (χ1) is 12.5. The maximum absolute atomic E-state index is 13.5. The Morgan fingerprint density at radius 2 is 1.92 bits per heavy atom. The van der Waals surface area contributed by atoms with E-state index >= 15 is 0 Å². The second-order valence-electron chi connectivity index (χ2n) is 6.15. The lowest BCUT2D eigenvalue weighted by atomic mass is 9.96. The number of rotatable bonds is 6. The van der Waals surface area contributed by atoms with E-state index in [9.17, 15) is 18.8 Å². The van der Waals surface area contributed by atoms with Gasteiger partial charge in [0.2, 0.25) is 0 Å². The minimum atomic E-state index is -1.11. The molecule has 1 aromatic rings. The fourth-order valence-electron chi connectivity index (χ4n) is 2.67. The van der Waals surface area contributed by atoms with Crippen LogP contribution in [0.2, 0.25) is 0 Å². The third-order valence-corrected chi connectivity index (χ3v) is 5.06. The fourth-order valence-corrected chi connectivity index (χ4v) is 3.39. The first kappa shape index (κ1) is 20.2. The van der Waals surface area contributed by atoms with Crippen molar-refractivity contribution in [3.05, 3.63) is 30.1 Å². The molecule has 2 rings (SSSR count). The highest BCUT2D eigenvalue weighted by Crippen LogP contribution is 2.21. The smallest absolute Gasteiger partial charge is 0.321 e. The van der Waals surface area contributed by atoms with E-state index in [1.807, 2.05) is 0 Å². The van der Waals surface area contributed by atoms with E-state index in [0.717, 1.165) is 43.9 Å². The molecule has 1 aliphatic rings. The molecule has 0 aliphatic heterocycles. The summed E-state index contributed by atoms with van der Waals surface area (Å²) in [6.07, 6.45) is 3.98. The molecule has 3 amide bonds. The molecule has 6 nitrogen and oxygen atoms in total. The molecule has 1 atom stereocenters. The number of benzene rings is 1. The van der Waals surface area contributed by atoms with Crippen molar-refractivity contribution in [3.63, 3.8) is 0 Å². The Kier molecular flexibility index (Phi) is 7.90. The summed E-state index contributed by atoms with van der Waals surface area (Å²) in [4.78, 5) is 35.9. The number of amides is 3. The molecule has 0 spiro atoms. The summed E-state index contributed by atoms with van der Waals surface area (Å²) in [5.41, 5.74) is 0. The third kappa shape index (κ3) is 6.67. The highest BCUT2D eigenvalue weighted by Gasteiger charge is 2.22. The molecular weight excluding hydrogens is 359 g/mol. The number of hydrogen-bond donors (Lipinski definition) is 2. The van der Waals surface area contributed by atoms with Crippen LogP contribution in [0.5, 0.6) is 0 Å². The number of ether oxygens (including phenoxy) is 1. The predicted molar refractivity (Wildman–Crippen MR) is 96.2 cm³/mol. The van der Waals surface area contributed by atoms with Gasteiger partial charge in [0.1, 0.15) is 5.82 Å². The Morgan fingerprint density at radius 1 is 1.23 bits per heavy atom. The monoisotopic (exact) mass is 382 g/mol. The minimum absolute atomic E-state index is 0.0755. The van der Waals surface area contributed by atoms with Crippen molar-refractivity contribution < 1.29 is 23.5 Å². The summed E-state index contributed by atoms with van der Waals surface area (Å²) >= 11 is 0.986. The molecule has 0 radical (unpaired) electrons. The summed E-state index contributed by atoms with van der Waals surface area (Å²) < 4.78 is 18.5. The lowest BCUT2D eigenvalue weighted by molar-refractivity contribution is -0.151. The van der Waals surface area contributed by atoms with Gasteiger partial charge in [-0.2, -0.15) is 0 Å². The van der Waals surface area contributed by atoms with Gasteiger partial charge in [-0.05, 0) is 31.9 Å². The highest BCUT2D eigenvalue weighted by atomic mass is 32.2. The predicted octanol–water partition coefficient (Wildman–Crippen LogP) is 3.01. The van der Waals surface area contributed by atoms with Gasteiger partial charge < -0.3 is 10.1 Å². The zero-order valence-electron chi connectivity index (χ0n) is 14.6. The Balaban J connectivity index is 1.70. The quantitative estimate of drug-likeness (QED) is 0.584. The van der Waals surface area contributed by atoms with Gasteiger partial charge in [-0.15, -0.1) is 11.8 Å². The van der Waals surface area contributed by atoms with E-state index < -0.39 is 29.8 Å². The molecule has 1 fully saturated rings. The number of carbonyl (C=O) groups excluding carboxylic acids is 3. The Hall–Kier alpha value is -2.09. The summed E-state index contributed by atoms with van der Waals surface area (Å²) in [6, 6.07) is 5.57. The number of halogens is 1. The van der Waals surface area contributed by atoms with Crippen LogP contribution in [0.3, 0.4) is 0 Å². The molecule has 142 valence electrons. The van der Waals surface area contributed by atoms with Crippen LogP contribution in [0.15, 0.2) is 29.2 Å². The number of urea groups is 1. The zero-order chi connectivity index (χ0) is 18.9. The van der Waals surface area contributed by atoms with E-state index in [1.165, 1.54) is 13.0 Å². The number of imide groups is 1. The van der Waals surface area contributed by atoms with Crippen molar-refractivity contribution in [2.75, 3.05) is 5.75 Å². The van der Waals surface area contributed by atoms with E-state index in [-0.39, 0.29) is 11.8 Å². The highest BCUT2D eigenvalue weighted by molar-refractivity contribution is 8.00. The van der Waals surface area contributed by atoms with Gasteiger partial charge in [0.05, 0.1) is 5.75 Å². The molecule has 1 aromatic carbocycles. The van der Waals surface area contributed by atoms with Crippen LogP contribution in [0.1, 0.15) is 39.0 Å². The summed E-state index contributed by atoms with van der Waals surface area (Å²) in [5, 5.41) is 4.94. The molecule has 1 aliphatic carbocycles. The SMILES string of the molecule is C[C@@H](OC(=O)CSc1ccccc1F)C(=O)NC(=O)NC1CCCCC1. The average Bonchev–Trinajstić information content (AvgIpc) is 2.61. The molecule has 26 heavy (non-hydrogen) atoms. The van der Waals surface area contributed by atoms with E-state index in [2.05, 4.69) is 10.6 Å². The maximum atomic E-state index is 13.5. The van der Waals surface area contributed by atoms with E-state index in [0.29, 0.717) is 4.90 Å². The fraction of sp³-hybridized carbons (Fsp3) is 0.500. The molecule has 0 unspecified atom stereocenters. The van der Waals surface area contributed by atoms with Gasteiger partial charge in [-0.3, -0.25) is 14.9 Å². The van der Waals surface area contributed by atoms with Gasteiger partial charge >= 0.3 is 12.0 Å². The Bertz CT molecular complexity index is 650. The molecule has 1 saturated carbocycles. The van der Waals surface area contributed by atoms with Crippen LogP contribution in [-0.2, 0) is 14.3 Å². The molecule has 0 aromatic heterocycles. The van der Waals surface area contributed by atoms with Gasteiger partial charge in [-0.25, -0.2) is 9.18 Å². The summed E-state index contributed by atoms with van der Waals surface area (Å²) in [6.45, 7) is 1.38. The first-order valence-electron chi connectivity index (χ1n) is 8.64. The summed E-state index contributed by atoms with van der Waals surface area (Å²) in [5.74, 6) is -1.90. The molecule has 0 heterocycles. The van der Waals surface area contributed by atoms with Crippen molar-refractivity contribution in [2.24, 2.45) is 0 Å². The largest absolute Gasteiger partial charge is 0.452 e. The lowest BCUT2D eigenvalue weighted by Crippen LogP contribution is -2.48. The third-order valence-electron chi connectivity index (χ3n) is 4.04. The zero-order valence-corrected chi connectivity index (χ0v) is 15.4. The summed E-state index contributed by atoms with van der Waals surface area (Å²) in [7, 11) is 0. The van der Waals surface area contributed by atoms with Gasteiger partial charge in [0.15, 0.2) is 6.10 Å². The minimum Gasteiger partial charge on any atom is -0.452 e. The molecule has 2 N–H and O–H groups in total. The number of esters is 1. The number of nitrogens with one attached hydrogen (secondary N) is 2. The van der Waals surface area contributed by atoms with Gasteiger partial charge in [0.25, 0.3) is 5.91 Å². The number of thioether (sulfide) groups is 1. The number of hydrogen-bond acceptors (Lipinski definition) is 5. The topological polar surface area (TPSA) is 84.5 Å². The van der Waals surface area contributed by atoms with Crippen LogP contribution >= 0.6 is 11.8 Å². The van der Waals surface area contributed by atoms with Crippen LogP contribution < -0.4 is 10.6 Å². The van der Waals surface area contributed by atoms with Crippen LogP contribution in [0.25, 0.3) is 0 Å². The first-order valence-corrected chi connectivity index (χ1v) is 9.62. The van der Waals surface area contributed by atoms with Crippen LogP contribution in [0, 0.1) is 5.82 Å². The van der Waals surface area contributed by atoms with E-state index in [1.54, 1.807) is 18.2 Å². The van der Waals surface area contributed by atoms with Gasteiger partial charge in [-0.1, -0.05) is 31.4 Å². The van der Waals surface area contributed by atoms with Crippen molar-refractivity contribution >= 4 is 29.7 Å². The lowest BCUT2D eigenvalue weighted by Gasteiger charge is -2.23. The normalized spacial score (nSPS) is 15.8. The van der Waals surface area contributed by atoms with Crippen molar-refractivity contribution in [1.29, 1.82) is 0 Å². The van der Waals surface area contributed by atoms with E-state index in [4.69, 9.17) is 4.74 Å².